The summed E-state index contributed by atoms with van der Waals surface area (Å²) in [4.78, 5) is 27.5. The Labute approximate surface area is 157 Å². The average Bonchev–Trinajstić information content (AvgIpc) is 3.13. The minimum Gasteiger partial charge on any atom is -0.368 e. The van der Waals surface area contributed by atoms with Crippen LogP contribution >= 0.6 is 23.2 Å². The summed E-state index contributed by atoms with van der Waals surface area (Å²) in [5, 5.41) is 3.70. The maximum absolute atomic E-state index is 12.3. The first-order valence-electron chi connectivity index (χ1n) is 8.52. The SMILES string of the molecule is O=C(C[NH+]1CCN(C(=O)[C@@H]2CCCO2)CC1)Nc1ccc(Cl)c(Cl)c1. The normalized spacial score (nSPS) is 21.4. The molecule has 0 aliphatic carbocycles. The van der Waals surface area contributed by atoms with Gasteiger partial charge in [-0.05, 0) is 31.0 Å². The second-order valence-corrected chi connectivity index (χ2v) is 7.25. The highest BCUT2D eigenvalue weighted by Crippen LogP contribution is 2.24. The molecule has 136 valence electrons. The van der Waals surface area contributed by atoms with Crippen molar-refractivity contribution in [2.45, 2.75) is 18.9 Å². The molecular weight excluding hydrogens is 365 g/mol. The predicted octanol–water partition coefficient (Wildman–Crippen LogP) is 0.838. The minimum atomic E-state index is -0.264. The summed E-state index contributed by atoms with van der Waals surface area (Å²) in [7, 11) is 0. The van der Waals surface area contributed by atoms with Crippen LogP contribution in [0.5, 0.6) is 0 Å². The van der Waals surface area contributed by atoms with Crippen molar-refractivity contribution >= 4 is 40.7 Å². The average molecular weight is 387 g/mol. The third-order valence-corrected chi connectivity index (χ3v) is 5.34. The Morgan fingerprint density at radius 2 is 2.00 bits per heavy atom. The molecule has 3 rings (SSSR count). The first-order chi connectivity index (χ1) is 12.0. The summed E-state index contributed by atoms with van der Waals surface area (Å²) in [6, 6.07) is 5.01. The van der Waals surface area contributed by atoms with Crippen molar-refractivity contribution < 1.29 is 19.2 Å². The van der Waals surface area contributed by atoms with E-state index >= 15 is 0 Å². The highest BCUT2D eigenvalue weighted by molar-refractivity contribution is 6.42. The molecule has 0 radical (unpaired) electrons. The summed E-state index contributed by atoms with van der Waals surface area (Å²) in [6.07, 6.45) is 1.51. The number of hydrogen-bond acceptors (Lipinski definition) is 3. The van der Waals surface area contributed by atoms with Gasteiger partial charge in [0.25, 0.3) is 11.8 Å². The molecule has 0 bridgehead atoms. The third kappa shape index (κ3) is 4.85. The first kappa shape index (κ1) is 18.5. The zero-order valence-electron chi connectivity index (χ0n) is 13.9. The smallest absolute Gasteiger partial charge is 0.279 e. The van der Waals surface area contributed by atoms with Gasteiger partial charge < -0.3 is 19.9 Å². The molecule has 25 heavy (non-hydrogen) atoms. The van der Waals surface area contributed by atoms with E-state index in [-0.39, 0.29) is 17.9 Å². The van der Waals surface area contributed by atoms with Gasteiger partial charge >= 0.3 is 0 Å². The molecule has 2 fully saturated rings. The van der Waals surface area contributed by atoms with Crippen LogP contribution in [0.3, 0.4) is 0 Å². The molecule has 1 aromatic carbocycles. The van der Waals surface area contributed by atoms with Gasteiger partial charge in [0.2, 0.25) is 0 Å². The summed E-state index contributed by atoms with van der Waals surface area (Å²) in [5.41, 5.74) is 0.631. The summed E-state index contributed by atoms with van der Waals surface area (Å²) >= 11 is 11.8. The zero-order valence-corrected chi connectivity index (χ0v) is 15.4. The number of benzene rings is 1. The van der Waals surface area contributed by atoms with Crippen LogP contribution in [0.4, 0.5) is 5.69 Å². The van der Waals surface area contributed by atoms with Crippen molar-refractivity contribution in [1.29, 1.82) is 0 Å². The van der Waals surface area contributed by atoms with Crippen molar-refractivity contribution in [2.24, 2.45) is 0 Å². The molecule has 0 unspecified atom stereocenters. The van der Waals surface area contributed by atoms with Crippen LogP contribution in [0, 0.1) is 0 Å². The number of nitrogens with zero attached hydrogens (tertiary/aromatic N) is 1. The number of nitrogens with one attached hydrogen (secondary N) is 2. The molecule has 8 heteroatoms. The summed E-state index contributed by atoms with van der Waals surface area (Å²) in [6.45, 7) is 3.88. The minimum absolute atomic E-state index is 0.0766. The van der Waals surface area contributed by atoms with Crippen LogP contribution in [0.15, 0.2) is 18.2 Å². The molecule has 2 amide bonds. The lowest BCUT2D eigenvalue weighted by atomic mass is 10.2. The highest BCUT2D eigenvalue weighted by Gasteiger charge is 2.31. The van der Waals surface area contributed by atoms with Gasteiger partial charge in [0.15, 0.2) is 6.54 Å². The van der Waals surface area contributed by atoms with Gasteiger partial charge in [-0.15, -0.1) is 0 Å². The van der Waals surface area contributed by atoms with Crippen LogP contribution in [0.1, 0.15) is 12.8 Å². The van der Waals surface area contributed by atoms with E-state index in [2.05, 4.69) is 5.32 Å². The number of hydrogen-bond donors (Lipinski definition) is 2. The van der Waals surface area contributed by atoms with Gasteiger partial charge in [-0.2, -0.15) is 0 Å². The van der Waals surface area contributed by atoms with Crippen LogP contribution in [-0.4, -0.2) is 62.1 Å². The van der Waals surface area contributed by atoms with Gasteiger partial charge in [-0.1, -0.05) is 23.2 Å². The van der Waals surface area contributed by atoms with E-state index in [0.717, 1.165) is 30.8 Å². The van der Waals surface area contributed by atoms with Crippen molar-refractivity contribution in [3.05, 3.63) is 28.2 Å². The molecule has 2 heterocycles. The van der Waals surface area contributed by atoms with E-state index in [0.29, 0.717) is 42.0 Å². The Morgan fingerprint density at radius 3 is 2.64 bits per heavy atom. The number of piperazine rings is 1. The molecule has 2 saturated heterocycles. The monoisotopic (exact) mass is 386 g/mol. The fourth-order valence-electron chi connectivity index (χ4n) is 3.20. The molecule has 0 spiro atoms. The van der Waals surface area contributed by atoms with Gasteiger partial charge in [0, 0.05) is 12.3 Å². The van der Waals surface area contributed by atoms with E-state index in [1.54, 1.807) is 18.2 Å². The lowest BCUT2D eigenvalue weighted by Crippen LogP contribution is -3.15. The van der Waals surface area contributed by atoms with E-state index in [1.165, 1.54) is 0 Å². The Hall–Kier alpha value is -1.34. The van der Waals surface area contributed by atoms with Gasteiger partial charge in [0.05, 0.1) is 36.2 Å². The largest absolute Gasteiger partial charge is 0.368 e. The number of carbonyl (C=O) groups excluding carboxylic acids is 2. The number of amides is 2. The number of halogens is 2. The van der Waals surface area contributed by atoms with E-state index in [1.807, 2.05) is 4.90 Å². The van der Waals surface area contributed by atoms with Crippen LogP contribution < -0.4 is 10.2 Å². The molecular formula is C17H22Cl2N3O3+. The molecule has 0 saturated carbocycles. The number of anilines is 1. The Balaban J connectivity index is 1.44. The van der Waals surface area contributed by atoms with E-state index in [4.69, 9.17) is 27.9 Å². The lowest BCUT2D eigenvalue weighted by molar-refractivity contribution is -0.895. The Bertz CT molecular complexity index is 642. The molecule has 2 aliphatic heterocycles. The summed E-state index contributed by atoms with van der Waals surface area (Å²) < 4.78 is 5.46. The maximum Gasteiger partial charge on any atom is 0.279 e. The topological polar surface area (TPSA) is 63.1 Å². The quantitative estimate of drug-likeness (QED) is 0.805. The van der Waals surface area contributed by atoms with Crippen molar-refractivity contribution in [1.82, 2.24) is 4.90 Å². The highest BCUT2D eigenvalue weighted by atomic mass is 35.5. The number of quaternary nitrogens is 1. The second kappa shape index (κ2) is 8.36. The van der Waals surface area contributed by atoms with Gasteiger partial charge in [-0.3, -0.25) is 9.59 Å². The fraction of sp³-hybridized carbons (Fsp3) is 0.529. The van der Waals surface area contributed by atoms with Gasteiger partial charge in [-0.25, -0.2) is 0 Å². The van der Waals surface area contributed by atoms with Crippen molar-refractivity contribution in [3.63, 3.8) is 0 Å². The van der Waals surface area contributed by atoms with Crippen molar-refractivity contribution in [2.75, 3.05) is 44.6 Å². The molecule has 1 aromatic rings. The first-order valence-corrected chi connectivity index (χ1v) is 9.27. The fourth-order valence-corrected chi connectivity index (χ4v) is 3.50. The maximum atomic E-state index is 12.3. The molecule has 0 aromatic heterocycles. The predicted molar refractivity (Wildman–Crippen MR) is 96.2 cm³/mol. The lowest BCUT2D eigenvalue weighted by Gasteiger charge is -2.33. The molecule has 6 nitrogen and oxygen atoms in total. The van der Waals surface area contributed by atoms with Crippen LogP contribution in [0.25, 0.3) is 0 Å². The third-order valence-electron chi connectivity index (χ3n) is 4.60. The Kier molecular flexibility index (Phi) is 6.17. The molecule has 2 aliphatic rings. The van der Waals surface area contributed by atoms with E-state index in [9.17, 15) is 9.59 Å². The standard InChI is InChI=1S/C17H21Cl2N3O3/c18-13-4-3-12(10-14(13)19)20-16(23)11-21-5-7-22(8-6-21)17(24)15-2-1-9-25-15/h3-4,10,15H,1-2,5-9,11H2,(H,20,23)/p+1/t15-/m0/s1. The molecule has 2 N–H and O–H groups in total. The number of rotatable bonds is 4. The van der Waals surface area contributed by atoms with Crippen LogP contribution in [-0.2, 0) is 14.3 Å². The summed E-state index contributed by atoms with van der Waals surface area (Å²) in [5.74, 6) is 0.0177. The zero-order chi connectivity index (χ0) is 17.8. The second-order valence-electron chi connectivity index (χ2n) is 6.43. The number of ether oxygens (including phenoxy) is 1. The van der Waals surface area contributed by atoms with Crippen LogP contribution in [0.2, 0.25) is 10.0 Å². The molecule has 1 atom stereocenters. The Morgan fingerprint density at radius 1 is 1.24 bits per heavy atom. The van der Waals surface area contributed by atoms with Gasteiger partial charge in [0.1, 0.15) is 6.10 Å². The van der Waals surface area contributed by atoms with Crippen molar-refractivity contribution in [3.8, 4) is 0 Å². The number of carbonyl (C=O) groups is 2. The van der Waals surface area contributed by atoms with E-state index < -0.39 is 0 Å².